The van der Waals surface area contributed by atoms with Gasteiger partial charge >= 0.3 is 5.97 Å². The van der Waals surface area contributed by atoms with E-state index in [-0.39, 0.29) is 11.3 Å². The number of aromatic carboxylic acids is 1. The van der Waals surface area contributed by atoms with Crippen LogP contribution < -0.4 is 0 Å². The van der Waals surface area contributed by atoms with Crippen LogP contribution in [0.4, 0.5) is 0 Å². The van der Waals surface area contributed by atoms with Crippen molar-refractivity contribution in [2.45, 2.75) is 39.5 Å². The summed E-state index contributed by atoms with van der Waals surface area (Å²) in [4.78, 5) is 10.9. The maximum Gasteiger partial charge on any atom is 0.339 e. The van der Waals surface area contributed by atoms with E-state index in [4.69, 9.17) is 5.11 Å². The zero-order valence-corrected chi connectivity index (χ0v) is 10.8. The third-order valence-electron chi connectivity index (χ3n) is 3.24. The van der Waals surface area contributed by atoms with E-state index < -0.39 is 11.7 Å². The Morgan fingerprint density at radius 3 is 2.56 bits per heavy atom. The fraction of sp³-hybridized carbons (Fsp3) is 0.500. The normalized spacial score (nSPS) is 12.3. The van der Waals surface area contributed by atoms with Crippen molar-refractivity contribution in [2.75, 3.05) is 0 Å². The van der Waals surface area contributed by atoms with Gasteiger partial charge in [-0.3, -0.25) is 0 Å². The molecule has 3 N–H and O–H groups in total. The molecule has 0 fully saturated rings. The average molecular weight is 252 g/mol. The summed E-state index contributed by atoms with van der Waals surface area (Å²) in [7, 11) is 0. The molecule has 4 heteroatoms. The number of hydrogen-bond acceptors (Lipinski definition) is 3. The van der Waals surface area contributed by atoms with Gasteiger partial charge in [0.1, 0.15) is 5.56 Å². The molecule has 0 aliphatic heterocycles. The molecule has 100 valence electrons. The lowest BCUT2D eigenvalue weighted by molar-refractivity contribution is 0.0693. The Hall–Kier alpha value is -1.71. The average Bonchev–Trinajstić information content (AvgIpc) is 2.32. The number of hydrogen-bond donors (Lipinski definition) is 3. The quantitative estimate of drug-likeness (QED) is 0.679. The van der Waals surface area contributed by atoms with Crippen LogP contribution in [0.2, 0.25) is 0 Å². The molecule has 0 heterocycles. The zero-order chi connectivity index (χ0) is 13.7. The summed E-state index contributed by atoms with van der Waals surface area (Å²) in [6, 6.07) is 2.85. The summed E-state index contributed by atoms with van der Waals surface area (Å²) in [5.74, 6) is -1.51. The van der Waals surface area contributed by atoms with Crippen molar-refractivity contribution in [3.8, 4) is 11.5 Å². The number of phenolic OH excluding ortho intramolecular Hbond substituents is 1. The highest BCUT2D eigenvalue weighted by molar-refractivity contribution is 5.92. The first-order valence-corrected chi connectivity index (χ1v) is 6.23. The molecule has 0 aliphatic carbocycles. The minimum absolute atomic E-state index is 0.242. The lowest BCUT2D eigenvalue weighted by Crippen LogP contribution is -2.00. The molecule has 0 bridgehead atoms. The van der Waals surface area contributed by atoms with Crippen LogP contribution in [-0.2, 0) is 6.42 Å². The molecule has 0 saturated carbocycles. The van der Waals surface area contributed by atoms with Gasteiger partial charge in [-0.25, -0.2) is 4.79 Å². The van der Waals surface area contributed by atoms with Gasteiger partial charge < -0.3 is 15.3 Å². The zero-order valence-electron chi connectivity index (χ0n) is 10.8. The number of phenols is 2. The van der Waals surface area contributed by atoms with Gasteiger partial charge in [0.15, 0.2) is 11.5 Å². The number of rotatable bonds is 6. The highest BCUT2D eigenvalue weighted by atomic mass is 16.4. The number of carboxylic acids is 1. The van der Waals surface area contributed by atoms with Crippen molar-refractivity contribution in [3.63, 3.8) is 0 Å². The van der Waals surface area contributed by atoms with Gasteiger partial charge in [-0.1, -0.05) is 26.7 Å². The Balaban J connectivity index is 2.75. The van der Waals surface area contributed by atoms with Crippen LogP contribution in [0.3, 0.4) is 0 Å². The van der Waals surface area contributed by atoms with E-state index in [0.717, 1.165) is 24.8 Å². The third-order valence-corrected chi connectivity index (χ3v) is 3.24. The van der Waals surface area contributed by atoms with Crippen LogP contribution in [0.5, 0.6) is 11.5 Å². The summed E-state index contributed by atoms with van der Waals surface area (Å²) in [6.45, 7) is 4.32. The van der Waals surface area contributed by atoms with E-state index >= 15 is 0 Å². The van der Waals surface area contributed by atoms with Gasteiger partial charge in [0.25, 0.3) is 0 Å². The van der Waals surface area contributed by atoms with Crippen LogP contribution >= 0.6 is 0 Å². The van der Waals surface area contributed by atoms with E-state index in [1.54, 1.807) is 0 Å². The van der Waals surface area contributed by atoms with Crippen molar-refractivity contribution in [1.29, 1.82) is 0 Å². The van der Waals surface area contributed by atoms with E-state index in [9.17, 15) is 15.0 Å². The summed E-state index contributed by atoms with van der Waals surface area (Å²) in [5.41, 5.74) is 0.500. The first kappa shape index (κ1) is 14.4. The summed E-state index contributed by atoms with van der Waals surface area (Å²) >= 11 is 0. The van der Waals surface area contributed by atoms with E-state index in [1.807, 2.05) is 0 Å². The summed E-state index contributed by atoms with van der Waals surface area (Å²) in [5, 5.41) is 27.8. The molecular weight excluding hydrogens is 232 g/mol. The molecule has 0 aliphatic rings. The number of carbonyl (C=O) groups is 1. The van der Waals surface area contributed by atoms with Gasteiger partial charge in [0.05, 0.1) is 0 Å². The Morgan fingerprint density at radius 2 is 2.00 bits per heavy atom. The van der Waals surface area contributed by atoms with Crippen molar-refractivity contribution < 1.29 is 20.1 Å². The molecule has 18 heavy (non-hydrogen) atoms. The fourth-order valence-electron chi connectivity index (χ4n) is 1.84. The number of aryl methyl sites for hydroxylation is 1. The molecule has 0 saturated heterocycles. The second-order valence-electron chi connectivity index (χ2n) is 4.72. The number of aromatic hydroxyl groups is 2. The Morgan fingerprint density at radius 1 is 1.33 bits per heavy atom. The molecule has 1 rings (SSSR count). The summed E-state index contributed by atoms with van der Waals surface area (Å²) in [6.07, 6.45) is 3.85. The molecule has 1 unspecified atom stereocenters. The van der Waals surface area contributed by atoms with E-state index in [1.165, 1.54) is 12.1 Å². The van der Waals surface area contributed by atoms with Crippen LogP contribution in [0.1, 0.15) is 49.0 Å². The van der Waals surface area contributed by atoms with Crippen LogP contribution in [-0.4, -0.2) is 21.3 Å². The first-order chi connectivity index (χ1) is 8.45. The monoisotopic (exact) mass is 252 g/mol. The molecule has 1 aromatic rings. The smallest absolute Gasteiger partial charge is 0.339 e. The minimum Gasteiger partial charge on any atom is -0.504 e. The predicted octanol–water partition coefficient (Wildman–Crippen LogP) is 3.16. The van der Waals surface area contributed by atoms with Gasteiger partial charge in [-0.2, -0.15) is 0 Å². The van der Waals surface area contributed by atoms with Gasteiger partial charge in [0.2, 0.25) is 0 Å². The Bertz CT molecular complexity index is 426. The topological polar surface area (TPSA) is 77.8 Å². The number of benzene rings is 1. The van der Waals surface area contributed by atoms with Crippen LogP contribution in [0.25, 0.3) is 0 Å². The molecule has 0 amide bonds. The molecule has 0 aromatic heterocycles. The fourth-order valence-corrected chi connectivity index (χ4v) is 1.84. The Labute approximate surface area is 107 Å². The lowest BCUT2D eigenvalue weighted by atomic mass is 9.98. The van der Waals surface area contributed by atoms with Crippen molar-refractivity contribution in [2.24, 2.45) is 5.92 Å². The van der Waals surface area contributed by atoms with Crippen LogP contribution in [0, 0.1) is 5.92 Å². The molecule has 1 atom stereocenters. The summed E-state index contributed by atoms with van der Waals surface area (Å²) < 4.78 is 0. The largest absolute Gasteiger partial charge is 0.504 e. The number of carboxylic acid groups (broad SMARTS) is 1. The van der Waals surface area contributed by atoms with Crippen LogP contribution in [0.15, 0.2) is 12.1 Å². The molecule has 4 nitrogen and oxygen atoms in total. The SMILES string of the molecule is CCC(C)CCCc1cc(O)c(O)c(C(=O)O)c1. The second-order valence-corrected chi connectivity index (χ2v) is 4.72. The maximum atomic E-state index is 10.9. The lowest BCUT2D eigenvalue weighted by Gasteiger charge is -2.09. The first-order valence-electron chi connectivity index (χ1n) is 6.23. The highest BCUT2D eigenvalue weighted by Crippen LogP contribution is 2.31. The van der Waals surface area contributed by atoms with E-state index in [2.05, 4.69) is 13.8 Å². The van der Waals surface area contributed by atoms with E-state index in [0.29, 0.717) is 12.3 Å². The van der Waals surface area contributed by atoms with Gasteiger partial charge in [-0.15, -0.1) is 0 Å². The second kappa shape index (κ2) is 6.28. The minimum atomic E-state index is -1.23. The Kier molecular flexibility index (Phi) is 5.01. The molecular formula is C14H20O4. The van der Waals surface area contributed by atoms with Gasteiger partial charge in [0, 0.05) is 0 Å². The third kappa shape index (κ3) is 3.65. The predicted molar refractivity (Wildman–Crippen MR) is 69.1 cm³/mol. The van der Waals surface area contributed by atoms with Crippen molar-refractivity contribution in [1.82, 2.24) is 0 Å². The van der Waals surface area contributed by atoms with Crippen molar-refractivity contribution in [3.05, 3.63) is 23.3 Å². The molecule has 0 spiro atoms. The molecule has 0 radical (unpaired) electrons. The van der Waals surface area contributed by atoms with Gasteiger partial charge in [-0.05, 0) is 36.5 Å². The maximum absolute atomic E-state index is 10.9. The van der Waals surface area contributed by atoms with Crippen molar-refractivity contribution >= 4 is 5.97 Å². The standard InChI is InChI=1S/C14H20O4/c1-3-9(2)5-4-6-10-7-11(14(17)18)13(16)12(15)8-10/h7-9,15-16H,3-6H2,1-2H3,(H,17,18). The highest BCUT2D eigenvalue weighted by Gasteiger charge is 2.15. The molecule has 1 aromatic carbocycles.